The summed E-state index contributed by atoms with van der Waals surface area (Å²) < 4.78 is 11.2. The molecule has 0 saturated heterocycles. The number of carbonyl (C=O) groups excluding carboxylic acids is 1. The second-order valence-electron chi connectivity index (χ2n) is 5.79. The molecule has 2 heterocycles. The lowest BCUT2D eigenvalue weighted by atomic mass is 10.0. The van der Waals surface area contributed by atoms with Gasteiger partial charge in [-0.3, -0.25) is 9.63 Å². The molecule has 0 spiro atoms. The Morgan fingerprint density at radius 3 is 2.77 bits per heavy atom. The van der Waals surface area contributed by atoms with Gasteiger partial charge in [0.25, 0.3) is 5.91 Å². The number of amides is 1. The van der Waals surface area contributed by atoms with Crippen LogP contribution in [0.1, 0.15) is 17.3 Å². The fourth-order valence-electron chi connectivity index (χ4n) is 2.91. The van der Waals surface area contributed by atoms with E-state index in [0.29, 0.717) is 36.8 Å². The van der Waals surface area contributed by atoms with E-state index in [1.807, 2.05) is 49.4 Å². The van der Waals surface area contributed by atoms with Gasteiger partial charge in [-0.1, -0.05) is 18.2 Å². The van der Waals surface area contributed by atoms with Crippen molar-refractivity contribution in [3.63, 3.8) is 0 Å². The van der Waals surface area contributed by atoms with E-state index in [2.05, 4.69) is 5.48 Å². The van der Waals surface area contributed by atoms with Gasteiger partial charge in [-0.2, -0.15) is 0 Å². The molecule has 6 nitrogen and oxygen atoms in total. The molecular formula is C20H18N2O4. The van der Waals surface area contributed by atoms with E-state index in [1.165, 1.54) is 0 Å². The smallest absolute Gasteiger partial charge is 0.275 e. The van der Waals surface area contributed by atoms with Crippen molar-refractivity contribution in [1.82, 2.24) is 10.5 Å². The van der Waals surface area contributed by atoms with E-state index in [-0.39, 0.29) is 5.91 Å². The normalized spacial score (nSPS) is 12.8. The number of rotatable bonds is 4. The molecule has 0 unspecified atom stereocenters. The number of para-hydroxylation sites is 1. The summed E-state index contributed by atoms with van der Waals surface area (Å²) in [6, 6.07) is 15.0. The fourth-order valence-corrected chi connectivity index (χ4v) is 2.91. The average molecular weight is 350 g/mol. The second-order valence-corrected chi connectivity index (χ2v) is 5.79. The van der Waals surface area contributed by atoms with Crippen molar-refractivity contribution in [2.45, 2.75) is 6.92 Å². The minimum absolute atomic E-state index is 0.302. The van der Waals surface area contributed by atoms with Gasteiger partial charge in [0.2, 0.25) is 0 Å². The number of aromatic nitrogens is 1. The SMILES string of the molecule is CCONC(=O)c1cc(-c2ccc3c(c2)OCCO3)nc2ccccc12. The molecule has 0 bridgehead atoms. The van der Waals surface area contributed by atoms with Crippen molar-refractivity contribution in [2.75, 3.05) is 19.8 Å². The van der Waals surface area contributed by atoms with Crippen LogP contribution in [0.5, 0.6) is 11.5 Å². The second kappa shape index (κ2) is 7.01. The lowest BCUT2D eigenvalue weighted by Gasteiger charge is -2.19. The first kappa shape index (κ1) is 16.4. The summed E-state index contributed by atoms with van der Waals surface area (Å²) >= 11 is 0. The molecule has 1 aliphatic rings. The third kappa shape index (κ3) is 3.07. The molecule has 0 fully saturated rings. The van der Waals surface area contributed by atoms with Crippen LogP contribution in [0.3, 0.4) is 0 Å². The van der Waals surface area contributed by atoms with Crippen molar-refractivity contribution >= 4 is 16.8 Å². The van der Waals surface area contributed by atoms with Crippen molar-refractivity contribution in [3.05, 3.63) is 54.1 Å². The summed E-state index contributed by atoms with van der Waals surface area (Å²) in [5.74, 6) is 1.10. The molecule has 3 aromatic rings. The van der Waals surface area contributed by atoms with Gasteiger partial charge in [0.15, 0.2) is 11.5 Å². The Bertz CT molecular complexity index is 971. The average Bonchev–Trinajstić information content (AvgIpc) is 2.70. The molecule has 2 aromatic carbocycles. The topological polar surface area (TPSA) is 69.7 Å². The number of hydrogen-bond acceptors (Lipinski definition) is 5. The molecule has 0 saturated carbocycles. The maximum absolute atomic E-state index is 12.5. The summed E-state index contributed by atoms with van der Waals surface area (Å²) in [6.45, 7) is 3.27. The number of carbonyl (C=O) groups is 1. The predicted octanol–water partition coefficient (Wildman–Crippen LogP) is 3.35. The van der Waals surface area contributed by atoms with Crippen LogP contribution in [0.4, 0.5) is 0 Å². The lowest BCUT2D eigenvalue weighted by Crippen LogP contribution is -2.24. The van der Waals surface area contributed by atoms with Gasteiger partial charge < -0.3 is 9.47 Å². The molecule has 1 aliphatic heterocycles. The minimum Gasteiger partial charge on any atom is -0.486 e. The number of hydroxylamine groups is 1. The van der Waals surface area contributed by atoms with Crippen LogP contribution in [0.25, 0.3) is 22.2 Å². The van der Waals surface area contributed by atoms with Crippen LogP contribution in [0.2, 0.25) is 0 Å². The zero-order valence-electron chi connectivity index (χ0n) is 14.3. The highest BCUT2D eigenvalue weighted by Gasteiger charge is 2.16. The maximum Gasteiger partial charge on any atom is 0.275 e. The quantitative estimate of drug-likeness (QED) is 0.731. The molecule has 0 atom stereocenters. The highest BCUT2D eigenvalue weighted by atomic mass is 16.6. The van der Waals surface area contributed by atoms with Crippen molar-refractivity contribution in [2.24, 2.45) is 0 Å². The molecule has 132 valence electrons. The Morgan fingerprint density at radius 1 is 1.12 bits per heavy atom. The number of ether oxygens (including phenoxy) is 2. The van der Waals surface area contributed by atoms with Gasteiger partial charge in [-0.05, 0) is 37.3 Å². The van der Waals surface area contributed by atoms with Crippen LogP contribution in [0.15, 0.2) is 48.5 Å². The van der Waals surface area contributed by atoms with Gasteiger partial charge in [-0.15, -0.1) is 0 Å². The first-order valence-electron chi connectivity index (χ1n) is 8.48. The largest absolute Gasteiger partial charge is 0.486 e. The van der Waals surface area contributed by atoms with E-state index >= 15 is 0 Å². The van der Waals surface area contributed by atoms with E-state index in [0.717, 1.165) is 22.2 Å². The van der Waals surface area contributed by atoms with Crippen LogP contribution in [0, 0.1) is 0 Å². The Morgan fingerprint density at radius 2 is 1.92 bits per heavy atom. The maximum atomic E-state index is 12.5. The highest BCUT2D eigenvalue weighted by molar-refractivity contribution is 6.06. The Hall–Kier alpha value is -3.12. The zero-order chi connectivity index (χ0) is 17.9. The standard InChI is InChI=1S/C20H18N2O4/c1-2-26-22-20(23)15-12-17(21-16-6-4-3-5-14(15)16)13-7-8-18-19(11-13)25-10-9-24-18/h3-8,11-12H,2,9-10H2,1H3,(H,22,23). The van der Waals surface area contributed by atoms with Gasteiger partial charge in [0, 0.05) is 10.9 Å². The van der Waals surface area contributed by atoms with Crippen molar-refractivity contribution < 1.29 is 19.1 Å². The molecule has 6 heteroatoms. The van der Waals surface area contributed by atoms with Crippen molar-refractivity contribution in [3.8, 4) is 22.8 Å². The minimum atomic E-state index is -0.302. The highest BCUT2D eigenvalue weighted by Crippen LogP contribution is 2.35. The molecule has 1 N–H and O–H groups in total. The van der Waals surface area contributed by atoms with Gasteiger partial charge in [-0.25, -0.2) is 10.5 Å². The number of nitrogens with zero attached hydrogens (tertiary/aromatic N) is 1. The number of fused-ring (bicyclic) bond motifs is 2. The molecule has 1 amide bonds. The van der Waals surface area contributed by atoms with Crippen molar-refractivity contribution in [1.29, 1.82) is 0 Å². The van der Waals surface area contributed by atoms with E-state index in [1.54, 1.807) is 6.07 Å². The first-order chi connectivity index (χ1) is 12.8. The summed E-state index contributed by atoms with van der Waals surface area (Å²) in [5.41, 5.74) is 5.24. The molecule has 0 radical (unpaired) electrons. The Labute approximate surface area is 150 Å². The van der Waals surface area contributed by atoms with Gasteiger partial charge in [0.05, 0.1) is 23.4 Å². The number of pyridine rings is 1. The number of benzene rings is 2. The van der Waals surface area contributed by atoms with Crippen LogP contribution in [-0.4, -0.2) is 30.7 Å². The Kier molecular flexibility index (Phi) is 4.41. The summed E-state index contributed by atoms with van der Waals surface area (Å²) in [6.07, 6.45) is 0. The van der Waals surface area contributed by atoms with E-state index in [9.17, 15) is 4.79 Å². The predicted molar refractivity (Wildman–Crippen MR) is 97.3 cm³/mol. The number of hydrogen-bond donors (Lipinski definition) is 1. The summed E-state index contributed by atoms with van der Waals surface area (Å²) in [5, 5.41) is 0.769. The van der Waals surface area contributed by atoms with Gasteiger partial charge >= 0.3 is 0 Å². The van der Waals surface area contributed by atoms with E-state index in [4.69, 9.17) is 19.3 Å². The summed E-state index contributed by atoms with van der Waals surface area (Å²) in [4.78, 5) is 22.3. The monoisotopic (exact) mass is 350 g/mol. The lowest BCUT2D eigenvalue weighted by molar-refractivity contribution is 0.0366. The Balaban J connectivity index is 1.81. The van der Waals surface area contributed by atoms with Crippen LogP contribution < -0.4 is 15.0 Å². The fraction of sp³-hybridized carbons (Fsp3) is 0.200. The van der Waals surface area contributed by atoms with E-state index < -0.39 is 0 Å². The third-order valence-electron chi connectivity index (χ3n) is 4.11. The molecule has 4 rings (SSSR count). The van der Waals surface area contributed by atoms with Crippen LogP contribution >= 0.6 is 0 Å². The third-order valence-corrected chi connectivity index (χ3v) is 4.11. The molecule has 0 aliphatic carbocycles. The summed E-state index contributed by atoms with van der Waals surface area (Å²) in [7, 11) is 0. The zero-order valence-corrected chi connectivity index (χ0v) is 14.3. The van der Waals surface area contributed by atoms with Crippen LogP contribution in [-0.2, 0) is 4.84 Å². The molecule has 1 aromatic heterocycles. The van der Waals surface area contributed by atoms with Gasteiger partial charge in [0.1, 0.15) is 13.2 Å². The first-order valence-corrected chi connectivity index (χ1v) is 8.48. The molecule has 26 heavy (non-hydrogen) atoms. The number of nitrogens with one attached hydrogen (secondary N) is 1. The molecular weight excluding hydrogens is 332 g/mol.